The van der Waals surface area contributed by atoms with Gasteiger partial charge in [0.2, 0.25) is 11.4 Å². The number of fused-ring (bicyclic) bond motifs is 5. The Morgan fingerprint density at radius 1 is 0.973 bits per heavy atom. The Labute approximate surface area is 216 Å². The quantitative estimate of drug-likeness (QED) is 0.459. The van der Waals surface area contributed by atoms with Crippen molar-refractivity contribution < 1.29 is 34.3 Å². The smallest absolute Gasteiger partial charge is 0.318 e. The van der Waals surface area contributed by atoms with Crippen molar-refractivity contribution in [2.24, 2.45) is 0 Å². The normalized spacial score (nSPS) is 23.9. The highest BCUT2D eigenvalue weighted by Gasteiger charge is 2.70. The van der Waals surface area contributed by atoms with Crippen LogP contribution < -0.4 is 14.2 Å². The molecule has 0 bridgehead atoms. The highest BCUT2D eigenvalue weighted by Crippen LogP contribution is 2.60. The summed E-state index contributed by atoms with van der Waals surface area (Å²) in [4.78, 5) is 14.2. The molecule has 2 aromatic carbocycles. The Balaban J connectivity index is 1.84. The molecule has 2 aromatic rings. The van der Waals surface area contributed by atoms with Crippen LogP contribution in [0.3, 0.4) is 0 Å². The number of carbonyl (C=O) groups excluding carboxylic acids is 1. The van der Waals surface area contributed by atoms with E-state index < -0.39 is 22.8 Å². The van der Waals surface area contributed by atoms with Crippen molar-refractivity contribution in [3.63, 3.8) is 0 Å². The van der Waals surface area contributed by atoms with Crippen LogP contribution in [-0.2, 0) is 12.0 Å². The molecule has 2 unspecified atom stereocenters. The average molecular weight is 505 g/mol. The summed E-state index contributed by atoms with van der Waals surface area (Å²) >= 11 is 0. The molecular formula is C30H32O7. The molecule has 0 aliphatic carbocycles. The number of carbonyl (C=O) groups is 1. The van der Waals surface area contributed by atoms with E-state index >= 15 is 0 Å². The van der Waals surface area contributed by atoms with Crippen molar-refractivity contribution in [3.8, 4) is 28.7 Å². The molecule has 0 fully saturated rings. The van der Waals surface area contributed by atoms with Crippen LogP contribution in [0.1, 0.15) is 75.0 Å². The third-order valence-electron chi connectivity index (χ3n) is 7.06. The fourth-order valence-electron chi connectivity index (χ4n) is 5.12. The van der Waals surface area contributed by atoms with Gasteiger partial charge < -0.3 is 29.5 Å². The molecule has 37 heavy (non-hydrogen) atoms. The van der Waals surface area contributed by atoms with Crippen LogP contribution in [0.5, 0.6) is 28.7 Å². The summed E-state index contributed by atoms with van der Waals surface area (Å²) in [6, 6.07) is 4.41. The van der Waals surface area contributed by atoms with Crippen LogP contribution in [0, 0.1) is 0 Å². The number of rotatable bonds is 4. The highest BCUT2D eigenvalue weighted by molar-refractivity contribution is 6.10. The summed E-state index contributed by atoms with van der Waals surface area (Å²) in [5.41, 5.74) is 0.932. The van der Waals surface area contributed by atoms with E-state index in [1.165, 1.54) is 12.1 Å². The molecule has 3 heterocycles. The number of Topliss-reactive ketones (excluding diaryl/α,β-unsaturated/α-hetero) is 1. The lowest BCUT2D eigenvalue weighted by atomic mass is 9.76. The number of ketones is 1. The number of phenols is 2. The van der Waals surface area contributed by atoms with Gasteiger partial charge >= 0.3 is 5.79 Å². The molecule has 3 aliphatic heterocycles. The van der Waals surface area contributed by atoms with Crippen LogP contribution in [-0.4, -0.2) is 32.5 Å². The molecule has 194 valence electrons. The maximum atomic E-state index is 14.2. The van der Waals surface area contributed by atoms with E-state index in [9.17, 15) is 20.1 Å². The van der Waals surface area contributed by atoms with Crippen molar-refractivity contribution in [2.45, 2.75) is 71.4 Å². The molecule has 2 atom stereocenters. The fraction of sp³-hybridized carbons (Fsp3) is 0.367. The molecule has 7 heteroatoms. The predicted octanol–water partition coefficient (Wildman–Crippen LogP) is 5.70. The Hall–Kier alpha value is -3.71. The first-order valence-electron chi connectivity index (χ1n) is 12.3. The summed E-state index contributed by atoms with van der Waals surface area (Å²) in [5.74, 6) is -2.98. The number of aromatic hydroxyl groups is 2. The zero-order chi connectivity index (χ0) is 26.9. The van der Waals surface area contributed by atoms with Crippen molar-refractivity contribution in [1.82, 2.24) is 0 Å². The second-order valence-electron chi connectivity index (χ2n) is 11.0. The minimum atomic E-state index is -2.47. The molecule has 5 rings (SSSR count). The SMILES string of the molecule is CC(C)=CCc1c2c(c(O)c3c1OC1(CC=C(C)C)c4ccc(O)cc4OC1(O)C3=O)C=CC(C)(C)O2. The number of hydrogen-bond acceptors (Lipinski definition) is 7. The van der Waals surface area contributed by atoms with E-state index in [0.717, 1.165) is 11.1 Å². The van der Waals surface area contributed by atoms with Crippen LogP contribution in [0.4, 0.5) is 0 Å². The molecule has 0 radical (unpaired) electrons. The largest absolute Gasteiger partial charge is 0.508 e. The standard InChI is InChI=1S/C30H32O7/c1-16(2)7-9-20-25-19(12-13-28(5,6)36-25)24(32)23-26(20)37-29(14-11-17(3)4)21-10-8-18(31)15-22(21)35-30(29,34)27(23)33/h7-8,10-13,15,31-32,34H,9,14H2,1-6H3. The van der Waals surface area contributed by atoms with Gasteiger partial charge in [0.25, 0.3) is 0 Å². The summed E-state index contributed by atoms with van der Waals surface area (Å²) < 4.78 is 18.9. The fourth-order valence-corrected chi connectivity index (χ4v) is 5.12. The Kier molecular flexibility index (Phi) is 5.50. The highest BCUT2D eigenvalue weighted by atomic mass is 16.7. The first kappa shape index (κ1) is 25.0. The average Bonchev–Trinajstić information content (AvgIpc) is 3.05. The molecule has 3 N–H and O–H groups in total. The maximum absolute atomic E-state index is 14.2. The zero-order valence-corrected chi connectivity index (χ0v) is 21.9. The summed E-state index contributed by atoms with van der Waals surface area (Å²) in [6.07, 6.45) is 7.89. The van der Waals surface area contributed by atoms with Crippen LogP contribution >= 0.6 is 0 Å². The Bertz CT molecular complexity index is 1420. The van der Waals surface area contributed by atoms with Gasteiger partial charge in [-0.1, -0.05) is 23.3 Å². The molecule has 0 spiro atoms. The minimum absolute atomic E-state index is 0.0772. The lowest BCUT2D eigenvalue weighted by Gasteiger charge is -2.44. The number of allylic oxidation sites excluding steroid dienone is 3. The van der Waals surface area contributed by atoms with Gasteiger partial charge in [-0.2, -0.15) is 0 Å². The van der Waals surface area contributed by atoms with Gasteiger partial charge in [-0.3, -0.25) is 4.79 Å². The molecule has 3 aliphatic rings. The Morgan fingerprint density at radius 2 is 1.68 bits per heavy atom. The van der Waals surface area contributed by atoms with E-state index in [1.54, 1.807) is 18.2 Å². The van der Waals surface area contributed by atoms with E-state index in [2.05, 4.69) is 0 Å². The molecule has 0 aromatic heterocycles. The van der Waals surface area contributed by atoms with Crippen molar-refractivity contribution >= 4 is 11.9 Å². The van der Waals surface area contributed by atoms with Gasteiger partial charge in [0, 0.05) is 23.6 Å². The van der Waals surface area contributed by atoms with Gasteiger partial charge in [0.15, 0.2) is 0 Å². The third kappa shape index (κ3) is 3.63. The number of benzene rings is 2. The summed E-state index contributed by atoms with van der Waals surface area (Å²) in [5, 5.41) is 33.4. The monoisotopic (exact) mass is 504 g/mol. The second kappa shape index (κ2) is 8.15. The number of phenolic OH excluding ortho intramolecular Hbond substituents is 2. The molecule has 7 nitrogen and oxygen atoms in total. The van der Waals surface area contributed by atoms with Gasteiger partial charge in [0.05, 0.1) is 5.56 Å². The first-order chi connectivity index (χ1) is 17.3. The van der Waals surface area contributed by atoms with Gasteiger partial charge in [-0.05, 0) is 72.2 Å². The van der Waals surface area contributed by atoms with Crippen LogP contribution in [0.15, 0.2) is 47.6 Å². The van der Waals surface area contributed by atoms with E-state index in [1.807, 2.05) is 53.7 Å². The van der Waals surface area contributed by atoms with E-state index in [4.69, 9.17) is 14.2 Å². The summed E-state index contributed by atoms with van der Waals surface area (Å²) in [6.45, 7) is 11.6. The van der Waals surface area contributed by atoms with Crippen molar-refractivity contribution in [2.75, 3.05) is 0 Å². The van der Waals surface area contributed by atoms with Crippen LogP contribution in [0.25, 0.3) is 6.08 Å². The van der Waals surface area contributed by atoms with Crippen LogP contribution in [0.2, 0.25) is 0 Å². The minimum Gasteiger partial charge on any atom is -0.508 e. The number of hydrogen-bond donors (Lipinski definition) is 3. The first-order valence-corrected chi connectivity index (χ1v) is 12.3. The van der Waals surface area contributed by atoms with Crippen molar-refractivity contribution in [1.29, 1.82) is 0 Å². The molecule has 0 saturated heterocycles. The zero-order valence-electron chi connectivity index (χ0n) is 21.9. The van der Waals surface area contributed by atoms with Gasteiger partial charge in [0.1, 0.15) is 39.9 Å². The lowest BCUT2D eigenvalue weighted by Crippen LogP contribution is -2.62. The number of ether oxygens (including phenoxy) is 3. The van der Waals surface area contributed by atoms with Gasteiger partial charge in [-0.25, -0.2) is 0 Å². The maximum Gasteiger partial charge on any atom is 0.318 e. The van der Waals surface area contributed by atoms with Crippen molar-refractivity contribution in [3.05, 3.63) is 69.8 Å². The lowest BCUT2D eigenvalue weighted by molar-refractivity contribution is -0.202. The molecular weight excluding hydrogens is 472 g/mol. The predicted molar refractivity (Wildman–Crippen MR) is 139 cm³/mol. The summed E-state index contributed by atoms with van der Waals surface area (Å²) in [7, 11) is 0. The van der Waals surface area contributed by atoms with Gasteiger partial charge in [-0.15, -0.1) is 0 Å². The molecule has 0 amide bonds. The van der Waals surface area contributed by atoms with E-state index in [0.29, 0.717) is 28.9 Å². The van der Waals surface area contributed by atoms with E-state index in [-0.39, 0.29) is 35.0 Å². The molecule has 0 saturated carbocycles. The number of aliphatic hydroxyl groups is 1. The topological polar surface area (TPSA) is 105 Å². The second-order valence-corrected chi connectivity index (χ2v) is 11.0. The third-order valence-corrected chi connectivity index (χ3v) is 7.06. The Morgan fingerprint density at radius 3 is 2.35 bits per heavy atom.